The van der Waals surface area contributed by atoms with Crippen LogP contribution in [0.5, 0.6) is 0 Å². The number of aryl methyl sites for hydroxylation is 1. The predicted molar refractivity (Wildman–Crippen MR) is 91.1 cm³/mol. The number of nitrogens with two attached hydrogens (primary N) is 1. The van der Waals surface area contributed by atoms with E-state index in [-0.39, 0.29) is 11.9 Å². The Morgan fingerprint density at radius 1 is 1.42 bits per heavy atom. The van der Waals surface area contributed by atoms with Crippen molar-refractivity contribution in [1.29, 1.82) is 0 Å². The Hall–Kier alpha value is -2.18. The van der Waals surface area contributed by atoms with Gasteiger partial charge in [0.2, 0.25) is 5.91 Å². The molecule has 1 aromatic heterocycles. The molecule has 6 nitrogen and oxygen atoms in total. The van der Waals surface area contributed by atoms with Crippen molar-refractivity contribution in [3.63, 3.8) is 0 Å². The van der Waals surface area contributed by atoms with Crippen LogP contribution < -0.4 is 5.73 Å². The van der Waals surface area contributed by atoms with E-state index in [1.54, 1.807) is 10.9 Å². The Morgan fingerprint density at radius 2 is 2.17 bits per heavy atom. The van der Waals surface area contributed by atoms with Crippen LogP contribution in [0.25, 0.3) is 0 Å². The van der Waals surface area contributed by atoms with Crippen LogP contribution in [-0.2, 0) is 22.2 Å². The number of ether oxygens (including phenoxy) is 1. The summed E-state index contributed by atoms with van der Waals surface area (Å²) in [5.74, 6) is 0.0600. The molecule has 6 heteroatoms. The molecule has 0 spiro atoms. The number of hydrogen-bond donors (Lipinski definition) is 1. The quantitative estimate of drug-likeness (QED) is 0.925. The minimum Gasteiger partial charge on any atom is -0.367 e. The van der Waals surface area contributed by atoms with Gasteiger partial charge in [-0.05, 0) is 12.5 Å². The normalized spacial score (nSPS) is 22.4. The second-order valence-corrected chi connectivity index (χ2v) is 6.52. The summed E-state index contributed by atoms with van der Waals surface area (Å²) >= 11 is 0. The first-order valence-electron chi connectivity index (χ1n) is 8.19. The van der Waals surface area contributed by atoms with Crippen molar-refractivity contribution in [1.82, 2.24) is 14.7 Å². The Kier molecular flexibility index (Phi) is 4.69. The largest absolute Gasteiger partial charge is 0.367 e. The highest BCUT2D eigenvalue weighted by molar-refractivity contribution is 5.77. The first-order valence-corrected chi connectivity index (χ1v) is 8.19. The summed E-state index contributed by atoms with van der Waals surface area (Å²) in [6.07, 6.45) is 4.03. The molecule has 0 bridgehead atoms. The van der Waals surface area contributed by atoms with Crippen LogP contribution >= 0.6 is 0 Å². The average molecular weight is 328 g/mol. The Bertz CT molecular complexity index is 700. The van der Waals surface area contributed by atoms with Gasteiger partial charge in [-0.1, -0.05) is 30.3 Å². The van der Waals surface area contributed by atoms with Gasteiger partial charge >= 0.3 is 0 Å². The lowest BCUT2D eigenvalue weighted by Gasteiger charge is -2.40. The average Bonchev–Trinajstić information content (AvgIpc) is 3.03. The van der Waals surface area contributed by atoms with Gasteiger partial charge < -0.3 is 15.4 Å². The van der Waals surface area contributed by atoms with Gasteiger partial charge in [-0.25, -0.2) is 0 Å². The fourth-order valence-electron chi connectivity index (χ4n) is 3.09. The van der Waals surface area contributed by atoms with Crippen LogP contribution in [0.1, 0.15) is 30.5 Å². The van der Waals surface area contributed by atoms with Crippen molar-refractivity contribution < 1.29 is 9.53 Å². The predicted octanol–water partition coefficient (Wildman–Crippen LogP) is 1.58. The van der Waals surface area contributed by atoms with Crippen molar-refractivity contribution in [2.24, 2.45) is 12.8 Å². The fourth-order valence-corrected chi connectivity index (χ4v) is 3.09. The Balaban J connectivity index is 1.67. The Morgan fingerprint density at radius 3 is 2.83 bits per heavy atom. The summed E-state index contributed by atoms with van der Waals surface area (Å²) in [6, 6.07) is 9.45. The third kappa shape index (κ3) is 3.49. The maximum atomic E-state index is 12.7. The van der Waals surface area contributed by atoms with E-state index in [1.807, 2.05) is 55.4 Å². The van der Waals surface area contributed by atoms with Crippen molar-refractivity contribution in [3.8, 4) is 0 Å². The van der Waals surface area contributed by atoms with Crippen LogP contribution in [-0.4, -0.2) is 40.3 Å². The summed E-state index contributed by atoms with van der Waals surface area (Å²) in [5.41, 5.74) is 7.63. The molecular formula is C18H24N4O2. The van der Waals surface area contributed by atoms with Crippen molar-refractivity contribution >= 4 is 5.91 Å². The molecule has 24 heavy (non-hydrogen) atoms. The summed E-state index contributed by atoms with van der Waals surface area (Å²) in [4.78, 5) is 14.5. The maximum absolute atomic E-state index is 12.7. The van der Waals surface area contributed by atoms with E-state index in [9.17, 15) is 4.79 Å². The molecule has 1 aliphatic rings. The van der Waals surface area contributed by atoms with Gasteiger partial charge in [0, 0.05) is 37.8 Å². The zero-order chi connectivity index (χ0) is 17.2. The van der Waals surface area contributed by atoms with Crippen molar-refractivity contribution in [3.05, 3.63) is 53.9 Å². The summed E-state index contributed by atoms with van der Waals surface area (Å²) in [7, 11) is 1.87. The number of carbonyl (C=O) groups excluding carboxylic acids is 1. The smallest absolute Gasteiger partial charge is 0.224 e. The molecule has 1 amide bonds. The Labute approximate surface area is 142 Å². The third-order valence-corrected chi connectivity index (χ3v) is 4.56. The first-order chi connectivity index (χ1) is 11.5. The lowest BCUT2D eigenvalue weighted by molar-refractivity contribution is -0.150. The first kappa shape index (κ1) is 16.7. The van der Waals surface area contributed by atoms with E-state index in [0.717, 1.165) is 11.1 Å². The molecule has 1 aliphatic heterocycles. The summed E-state index contributed by atoms with van der Waals surface area (Å²) in [5, 5.41) is 4.21. The maximum Gasteiger partial charge on any atom is 0.224 e. The highest BCUT2D eigenvalue weighted by Crippen LogP contribution is 2.29. The van der Waals surface area contributed by atoms with E-state index in [2.05, 4.69) is 5.10 Å². The topological polar surface area (TPSA) is 73.4 Å². The molecule has 3 rings (SSSR count). The molecule has 1 saturated heterocycles. The number of hydrogen-bond acceptors (Lipinski definition) is 4. The van der Waals surface area contributed by atoms with Gasteiger partial charge in [0.1, 0.15) is 5.60 Å². The third-order valence-electron chi connectivity index (χ3n) is 4.56. The molecule has 1 fully saturated rings. The SMILES string of the molecule is Cn1cc([C@@]2(C)CN(C(=O)C[C@@H](N)c3ccccc3)CCO2)cn1. The minimum absolute atomic E-state index is 0.0600. The highest BCUT2D eigenvalue weighted by atomic mass is 16.5. The van der Waals surface area contributed by atoms with Crippen molar-refractivity contribution in [2.45, 2.75) is 25.0 Å². The summed E-state index contributed by atoms with van der Waals surface area (Å²) in [6.45, 7) is 3.62. The lowest BCUT2D eigenvalue weighted by atomic mass is 9.96. The molecule has 2 N–H and O–H groups in total. The van der Waals surface area contributed by atoms with Gasteiger partial charge in [-0.3, -0.25) is 9.48 Å². The molecule has 0 radical (unpaired) electrons. The van der Waals surface area contributed by atoms with Crippen molar-refractivity contribution in [2.75, 3.05) is 19.7 Å². The van der Waals surface area contributed by atoms with Gasteiger partial charge in [0.25, 0.3) is 0 Å². The van der Waals surface area contributed by atoms with Gasteiger partial charge in [-0.15, -0.1) is 0 Å². The van der Waals surface area contributed by atoms with Gasteiger partial charge in [0.15, 0.2) is 0 Å². The second-order valence-electron chi connectivity index (χ2n) is 6.52. The number of benzene rings is 1. The molecule has 2 heterocycles. The number of amides is 1. The second kappa shape index (κ2) is 6.75. The summed E-state index contributed by atoms with van der Waals surface area (Å²) < 4.78 is 7.70. The van der Waals surface area contributed by atoms with E-state index in [4.69, 9.17) is 10.5 Å². The molecule has 1 aromatic carbocycles. The highest BCUT2D eigenvalue weighted by Gasteiger charge is 2.36. The van der Waals surface area contributed by atoms with Crippen LogP contribution in [0.4, 0.5) is 0 Å². The molecule has 2 aromatic rings. The number of rotatable bonds is 4. The number of nitrogens with zero attached hydrogens (tertiary/aromatic N) is 3. The standard InChI is InChI=1S/C18H24N4O2/c1-18(15-11-20-21(2)12-15)13-22(8-9-24-18)17(23)10-16(19)14-6-4-3-5-7-14/h3-7,11-12,16H,8-10,13,19H2,1-2H3/t16-,18-/m1/s1. The number of carbonyl (C=O) groups is 1. The van der Waals surface area contributed by atoms with Crippen LogP contribution in [0.2, 0.25) is 0 Å². The monoisotopic (exact) mass is 328 g/mol. The minimum atomic E-state index is -0.529. The molecule has 128 valence electrons. The molecule has 0 unspecified atom stereocenters. The molecule has 0 saturated carbocycles. The van der Waals surface area contributed by atoms with E-state index in [1.165, 1.54) is 0 Å². The van der Waals surface area contributed by atoms with E-state index >= 15 is 0 Å². The lowest BCUT2D eigenvalue weighted by Crippen LogP contribution is -2.50. The molecule has 0 aliphatic carbocycles. The van der Waals surface area contributed by atoms with E-state index in [0.29, 0.717) is 26.1 Å². The van der Waals surface area contributed by atoms with E-state index < -0.39 is 5.60 Å². The van der Waals surface area contributed by atoms with Gasteiger partial charge in [0.05, 0.1) is 19.3 Å². The zero-order valence-corrected chi connectivity index (χ0v) is 14.2. The van der Waals surface area contributed by atoms with Crippen LogP contribution in [0.15, 0.2) is 42.7 Å². The fraction of sp³-hybridized carbons (Fsp3) is 0.444. The number of morpholine rings is 1. The molecule has 2 atom stereocenters. The zero-order valence-electron chi connectivity index (χ0n) is 14.2. The van der Waals surface area contributed by atoms with Crippen LogP contribution in [0.3, 0.4) is 0 Å². The molecular weight excluding hydrogens is 304 g/mol. The number of aromatic nitrogens is 2. The van der Waals surface area contributed by atoms with Gasteiger partial charge in [-0.2, -0.15) is 5.10 Å². The van der Waals surface area contributed by atoms with Crippen LogP contribution in [0, 0.1) is 0 Å².